The molecule has 96 valence electrons. The maximum Gasteiger partial charge on any atom is 0.508 e. The molecule has 1 aromatic carbocycles. The first kappa shape index (κ1) is 12.7. The van der Waals surface area contributed by atoms with Gasteiger partial charge in [-0.1, -0.05) is 42.5 Å². The monoisotopic (exact) mass is 246 g/mol. The van der Waals surface area contributed by atoms with Crippen LogP contribution < -0.4 is 0 Å². The molecule has 0 aliphatic heterocycles. The summed E-state index contributed by atoms with van der Waals surface area (Å²) in [4.78, 5) is 11.2. The third kappa shape index (κ3) is 2.73. The Hall–Kier alpha value is -1.77. The zero-order chi connectivity index (χ0) is 13.0. The minimum absolute atomic E-state index is 0.219. The van der Waals surface area contributed by atoms with Crippen molar-refractivity contribution in [1.82, 2.24) is 0 Å². The molecule has 1 aliphatic rings. The smallest absolute Gasteiger partial charge is 0.435 e. The standard InChI is InChI=1S/C15H18O3/c1-3-17-15(16)18-10-14-11(2)9-13(14)12-7-5-4-6-8-12/h4-8,13-14H,2-3,9-10H2,1H3/t13-,14+/m1/s1. The van der Waals surface area contributed by atoms with E-state index in [2.05, 4.69) is 18.7 Å². The number of rotatable bonds is 4. The van der Waals surface area contributed by atoms with Crippen LogP contribution in [0.4, 0.5) is 4.79 Å². The van der Waals surface area contributed by atoms with E-state index in [9.17, 15) is 4.79 Å². The highest BCUT2D eigenvalue weighted by Gasteiger charge is 2.36. The first-order chi connectivity index (χ1) is 8.72. The van der Waals surface area contributed by atoms with Crippen LogP contribution in [0, 0.1) is 5.92 Å². The van der Waals surface area contributed by atoms with Gasteiger partial charge in [0.1, 0.15) is 6.61 Å². The van der Waals surface area contributed by atoms with E-state index in [1.165, 1.54) is 5.56 Å². The summed E-state index contributed by atoms with van der Waals surface area (Å²) in [6.45, 7) is 6.47. The molecule has 18 heavy (non-hydrogen) atoms. The molecule has 0 heterocycles. The number of hydrogen-bond acceptors (Lipinski definition) is 3. The summed E-state index contributed by atoms with van der Waals surface area (Å²) in [7, 11) is 0. The molecule has 0 unspecified atom stereocenters. The van der Waals surface area contributed by atoms with Crippen LogP contribution in [0.15, 0.2) is 42.5 Å². The van der Waals surface area contributed by atoms with E-state index >= 15 is 0 Å². The van der Waals surface area contributed by atoms with Crippen molar-refractivity contribution in [2.24, 2.45) is 5.92 Å². The Bertz CT molecular complexity index is 425. The second kappa shape index (κ2) is 5.71. The number of ether oxygens (including phenoxy) is 2. The van der Waals surface area contributed by atoms with Crippen molar-refractivity contribution in [2.75, 3.05) is 13.2 Å². The lowest BCUT2D eigenvalue weighted by atomic mass is 9.67. The van der Waals surface area contributed by atoms with Crippen LogP contribution in [0.1, 0.15) is 24.8 Å². The second-order valence-electron chi connectivity index (χ2n) is 4.48. The highest BCUT2D eigenvalue weighted by Crippen LogP contribution is 2.46. The highest BCUT2D eigenvalue weighted by molar-refractivity contribution is 5.59. The van der Waals surface area contributed by atoms with Crippen LogP contribution in [0.25, 0.3) is 0 Å². The van der Waals surface area contributed by atoms with Crippen LogP contribution in [0.3, 0.4) is 0 Å². The maximum atomic E-state index is 11.2. The molecule has 0 bridgehead atoms. The Balaban J connectivity index is 1.91. The van der Waals surface area contributed by atoms with Gasteiger partial charge in [0.2, 0.25) is 0 Å². The summed E-state index contributed by atoms with van der Waals surface area (Å²) in [5, 5.41) is 0. The van der Waals surface area contributed by atoms with Gasteiger partial charge in [-0.2, -0.15) is 0 Å². The van der Waals surface area contributed by atoms with Crippen molar-refractivity contribution >= 4 is 6.16 Å². The van der Waals surface area contributed by atoms with E-state index in [1.807, 2.05) is 18.2 Å². The molecule has 3 heteroatoms. The number of carbonyl (C=O) groups is 1. The van der Waals surface area contributed by atoms with Crippen molar-refractivity contribution < 1.29 is 14.3 Å². The van der Waals surface area contributed by atoms with Gasteiger partial charge in [0.15, 0.2) is 0 Å². The third-order valence-corrected chi connectivity index (χ3v) is 3.36. The predicted octanol–water partition coefficient (Wildman–Crippen LogP) is 3.52. The van der Waals surface area contributed by atoms with Gasteiger partial charge in [-0.15, -0.1) is 0 Å². The second-order valence-corrected chi connectivity index (χ2v) is 4.48. The Morgan fingerprint density at radius 2 is 2.06 bits per heavy atom. The van der Waals surface area contributed by atoms with Crippen LogP contribution in [-0.4, -0.2) is 19.4 Å². The first-order valence-electron chi connectivity index (χ1n) is 6.24. The molecule has 1 saturated carbocycles. The van der Waals surface area contributed by atoms with Crippen LogP contribution in [-0.2, 0) is 9.47 Å². The Kier molecular flexibility index (Phi) is 4.03. The van der Waals surface area contributed by atoms with E-state index in [4.69, 9.17) is 9.47 Å². The van der Waals surface area contributed by atoms with Gasteiger partial charge in [-0.25, -0.2) is 4.79 Å². The predicted molar refractivity (Wildman–Crippen MR) is 69.4 cm³/mol. The van der Waals surface area contributed by atoms with Crippen molar-refractivity contribution in [3.05, 3.63) is 48.0 Å². The van der Waals surface area contributed by atoms with Gasteiger partial charge in [0.05, 0.1) is 6.61 Å². The van der Waals surface area contributed by atoms with E-state index in [1.54, 1.807) is 6.92 Å². The minimum atomic E-state index is -0.594. The molecule has 0 saturated heterocycles. The minimum Gasteiger partial charge on any atom is -0.435 e. The third-order valence-electron chi connectivity index (χ3n) is 3.36. The molecule has 3 nitrogen and oxygen atoms in total. The van der Waals surface area contributed by atoms with E-state index in [0.29, 0.717) is 19.1 Å². The van der Waals surface area contributed by atoms with Gasteiger partial charge >= 0.3 is 6.16 Å². The molecular formula is C15H18O3. The summed E-state index contributed by atoms with van der Waals surface area (Å²) >= 11 is 0. The number of benzene rings is 1. The van der Waals surface area contributed by atoms with Crippen LogP contribution in [0.5, 0.6) is 0 Å². The topological polar surface area (TPSA) is 35.5 Å². The van der Waals surface area contributed by atoms with Gasteiger partial charge in [-0.05, 0) is 24.8 Å². The summed E-state index contributed by atoms with van der Waals surface area (Å²) < 4.78 is 9.83. The number of carbonyl (C=O) groups excluding carboxylic acids is 1. The molecule has 0 radical (unpaired) electrons. The van der Waals surface area contributed by atoms with E-state index in [-0.39, 0.29) is 5.92 Å². The van der Waals surface area contributed by atoms with Crippen molar-refractivity contribution in [3.8, 4) is 0 Å². The molecule has 2 rings (SSSR count). The van der Waals surface area contributed by atoms with Crippen LogP contribution in [0.2, 0.25) is 0 Å². The van der Waals surface area contributed by atoms with E-state index < -0.39 is 6.16 Å². The van der Waals surface area contributed by atoms with Gasteiger partial charge in [0.25, 0.3) is 0 Å². The van der Waals surface area contributed by atoms with Crippen molar-refractivity contribution in [3.63, 3.8) is 0 Å². The molecule has 0 spiro atoms. The molecule has 0 aromatic heterocycles. The average Bonchev–Trinajstić information content (AvgIpc) is 2.37. The zero-order valence-corrected chi connectivity index (χ0v) is 10.6. The number of hydrogen-bond donors (Lipinski definition) is 0. The average molecular weight is 246 g/mol. The molecule has 1 fully saturated rings. The van der Waals surface area contributed by atoms with Crippen molar-refractivity contribution in [2.45, 2.75) is 19.3 Å². The molecule has 2 atom stereocenters. The van der Waals surface area contributed by atoms with Gasteiger partial charge in [0, 0.05) is 5.92 Å². The zero-order valence-electron chi connectivity index (χ0n) is 10.6. The summed E-state index contributed by atoms with van der Waals surface area (Å²) in [5.41, 5.74) is 2.43. The molecule has 1 aromatic rings. The quantitative estimate of drug-likeness (QED) is 0.602. The largest absolute Gasteiger partial charge is 0.508 e. The maximum absolute atomic E-state index is 11.2. The van der Waals surface area contributed by atoms with Crippen LogP contribution >= 0.6 is 0 Å². The molecule has 1 aliphatic carbocycles. The summed E-state index contributed by atoms with van der Waals surface area (Å²) in [6, 6.07) is 10.3. The Morgan fingerprint density at radius 3 is 2.67 bits per heavy atom. The van der Waals surface area contributed by atoms with E-state index in [0.717, 1.165) is 12.0 Å². The highest BCUT2D eigenvalue weighted by atomic mass is 16.7. The normalized spacial score (nSPS) is 22.2. The lowest BCUT2D eigenvalue weighted by Crippen LogP contribution is -2.31. The SMILES string of the molecule is C=C1C[C@H](c2ccccc2)[C@H]1COC(=O)OCC. The molecule has 0 N–H and O–H groups in total. The lowest BCUT2D eigenvalue weighted by Gasteiger charge is -2.39. The van der Waals surface area contributed by atoms with Crippen molar-refractivity contribution in [1.29, 1.82) is 0 Å². The Labute approximate surface area is 107 Å². The summed E-state index contributed by atoms with van der Waals surface area (Å²) in [6.07, 6.45) is 0.380. The first-order valence-corrected chi connectivity index (χ1v) is 6.24. The van der Waals surface area contributed by atoms with Gasteiger partial charge < -0.3 is 9.47 Å². The van der Waals surface area contributed by atoms with Gasteiger partial charge in [-0.3, -0.25) is 0 Å². The Morgan fingerprint density at radius 1 is 1.33 bits per heavy atom. The lowest BCUT2D eigenvalue weighted by molar-refractivity contribution is 0.0428. The molecular weight excluding hydrogens is 228 g/mol. The fourth-order valence-corrected chi connectivity index (χ4v) is 2.30. The summed E-state index contributed by atoms with van der Waals surface area (Å²) in [5.74, 6) is 0.630. The molecule has 0 amide bonds. The fourth-order valence-electron chi connectivity index (χ4n) is 2.30. The fraction of sp³-hybridized carbons (Fsp3) is 0.400.